The Kier molecular flexibility index (Phi) is 23.2. The zero-order valence-corrected chi connectivity index (χ0v) is 40.7. The van der Waals surface area contributed by atoms with Crippen LogP contribution >= 0.6 is 11.8 Å². The molecule has 0 aliphatic carbocycles. The number of primary amides is 3. The predicted molar refractivity (Wildman–Crippen MR) is 253 cm³/mol. The molecule has 1 aromatic rings. The van der Waals surface area contributed by atoms with Crippen LogP contribution in [0.3, 0.4) is 0 Å². The molecule has 0 aromatic heterocycles. The number of hydrogen-bond acceptors (Lipinski definition) is 13. The van der Waals surface area contributed by atoms with E-state index in [9.17, 15) is 52.7 Å². The number of ether oxygens (including phenoxy) is 1. The number of likely N-dealkylation sites (tertiary alicyclic amines) is 1. The average molecular weight is 988 g/mol. The number of thioether (sulfide) groups is 1. The fourth-order valence-electron chi connectivity index (χ4n) is 7.68. The van der Waals surface area contributed by atoms with Crippen LogP contribution in [0, 0.1) is 11.8 Å². The Hall–Kier alpha value is -6.46. The Morgan fingerprint density at radius 3 is 2.07 bits per heavy atom. The second kappa shape index (κ2) is 28.1. The topological polar surface area (TPSA) is 363 Å². The molecule has 0 radical (unpaired) electrons. The number of nitrogens with zero attached hydrogens (tertiary/aromatic N) is 1. The highest BCUT2D eigenvalue weighted by molar-refractivity contribution is 7.99. The molecule has 0 spiro atoms. The van der Waals surface area contributed by atoms with Crippen LogP contribution in [0.15, 0.2) is 24.3 Å². The zero-order chi connectivity index (χ0) is 51.4. The molecule has 24 heteroatoms. The third-order valence-electron chi connectivity index (χ3n) is 11.6. The van der Waals surface area contributed by atoms with Gasteiger partial charge in [0.25, 0.3) is 0 Å². The highest BCUT2D eigenvalue weighted by Crippen LogP contribution is 2.22. The van der Waals surface area contributed by atoms with Gasteiger partial charge in [0.1, 0.15) is 48.0 Å². The Morgan fingerprint density at radius 1 is 0.812 bits per heavy atom. The molecule has 2 fully saturated rings. The molecule has 3 rings (SSSR count). The smallest absolute Gasteiger partial charge is 0.246 e. The van der Waals surface area contributed by atoms with Gasteiger partial charge >= 0.3 is 0 Å². The van der Waals surface area contributed by atoms with E-state index >= 15 is 0 Å². The fourth-order valence-corrected chi connectivity index (χ4v) is 8.66. The molecule has 23 nitrogen and oxygen atoms in total. The van der Waals surface area contributed by atoms with Crippen molar-refractivity contribution in [2.24, 2.45) is 29.0 Å². The summed E-state index contributed by atoms with van der Waals surface area (Å²) in [5.41, 5.74) is 16.8. The Morgan fingerprint density at radius 2 is 1.46 bits per heavy atom. The van der Waals surface area contributed by atoms with E-state index < -0.39 is 133 Å². The van der Waals surface area contributed by atoms with E-state index in [1.165, 1.54) is 23.8 Å². The summed E-state index contributed by atoms with van der Waals surface area (Å²) in [5.74, 6) is -8.59. The Bertz CT molecular complexity index is 2020. The SMILES string of the molecule is CC[C@H](C)[C@@H]1NC(=O)[C@H](Cc2ccc(OC)cc2)NC(=O)CCCSC[C@H](C(=O)N2CCC[C@@H]2C(=O)N[C@H](CC(C)C)C(=O)NCC(N)=O)NC(=O)[C@H](CC(N)=O)NC(=O)[C@H](CCC(N)=O)NC1=O. The largest absolute Gasteiger partial charge is 0.497 e. The van der Waals surface area contributed by atoms with Crippen molar-refractivity contribution in [2.45, 2.75) is 134 Å². The number of amides is 11. The van der Waals surface area contributed by atoms with Gasteiger partial charge in [0.2, 0.25) is 65.0 Å². The number of hydrogen-bond donors (Lipinski definition) is 10. The molecule has 2 heterocycles. The molecule has 2 saturated heterocycles. The lowest BCUT2D eigenvalue weighted by atomic mass is 9.96. The second-order valence-electron chi connectivity index (χ2n) is 17.6. The van der Waals surface area contributed by atoms with Crippen molar-refractivity contribution in [3.63, 3.8) is 0 Å². The van der Waals surface area contributed by atoms with Crippen molar-refractivity contribution < 1.29 is 57.5 Å². The second-order valence-corrected chi connectivity index (χ2v) is 18.8. The predicted octanol–water partition coefficient (Wildman–Crippen LogP) is -2.50. The molecule has 1 aromatic carbocycles. The summed E-state index contributed by atoms with van der Waals surface area (Å²) in [6, 6.07) is -2.40. The highest BCUT2D eigenvalue weighted by Gasteiger charge is 2.40. The molecule has 8 atom stereocenters. The molecule has 2 aliphatic rings. The third-order valence-corrected chi connectivity index (χ3v) is 12.7. The average Bonchev–Trinajstić information content (AvgIpc) is 3.79. The Balaban J connectivity index is 2.02. The van der Waals surface area contributed by atoms with Gasteiger partial charge in [-0.2, -0.15) is 11.8 Å². The first kappa shape index (κ1) is 56.9. The summed E-state index contributed by atoms with van der Waals surface area (Å²) in [4.78, 5) is 148. The van der Waals surface area contributed by atoms with Crippen LogP contribution in [0.25, 0.3) is 0 Å². The van der Waals surface area contributed by atoms with Crippen molar-refractivity contribution in [1.82, 2.24) is 42.1 Å². The minimum absolute atomic E-state index is 0.0237. The van der Waals surface area contributed by atoms with E-state index in [1.807, 2.05) is 13.8 Å². The van der Waals surface area contributed by atoms with Gasteiger partial charge in [-0.05, 0) is 67.4 Å². The minimum atomic E-state index is -1.71. The number of nitrogens with one attached hydrogen (secondary N) is 7. The van der Waals surface area contributed by atoms with Crippen LogP contribution in [0.2, 0.25) is 0 Å². The summed E-state index contributed by atoms with van der Waals surface area (Å²) in [6.45, 7) is 6.75. The molecule has 69 heavy (non-hydrogen) atoms. The number of rotatable bonds is 18. The van der Waals surface area contributed by atoms with E-state index in [2.05, 4.69) is 37.2 Å². The highest BCUT2D eigenvalue weighted by atomic mass is 32.2. The molecule has 11 amide bonds. The number of benzene rings is 1. The van der Waals surface area contributed by atoms with E-state index in [0.717, 1.165) is 0 Å². The summed E-state index contributed by atoms with van der Waals surface area (Å²) >= 11 is 1.18. The van der Waals surface area contributed by atoms with Gasteiger partial charge in [0.05, 0.1) is 20.1 Å². The lowest BCUT2D eigenvalue weighted by molar-refractivity contribution is -0.142. The molecule has 13 N–H and O–H groups in total. The maximum Gasteiger partial charge on any atom is 0.246 e. The summed E-state index contributed by atoms with van der Waals surface area (Å²) in [5, 5.41) is 18.2. The number of carbonyl (C=O) groups excluding carboxylic acids is 11. The molecule has 382 valence electrons. The van der Waals surface area contributed by atoms with Crippen LogP contribution in [0.4, 0.5) is 0 Å². The first-order chi connectivity index (χ1) is 32.6. The maximum atomic E-state index is 14.5. The van der Waals surface area contributed by atoms with Gasteiger partial charge in [0.15, 0.2) is 0 Å². The van der Waals surface area contributed by atoms with Gasteiger partial charge in [-0.15, -0.1) is 0 Å². The molecule has 0 unspecified atom stereocenters. The van der Waals surface area contributed by atoms with Gasteiger partial charge in [0, 0.05) is 31.6 Å². The van der Waals surface area contributed by atoms with Crippen LogP contribution < -0.4 is 59.2 Å². The molecular formula is C45H69N11O12S. The minimum Gasteiger partial charge on any atom is -0.497 e. The van der Waals surface area contributed by atoms with E-state index in [0.29, 0.717) is 24.2 Å². The van der Waals surface area contributed by atoms with Gasteiger partial charge < -0.3 is 64.1 Å². The zero-order valence-electron chi connectivity index (χ0n) is 39.9. The van der Waals surface area contributed by atoms with E-state index in [-0.39, 0.29) is 62.5 Å². The number of methoxy groups -OCH3 is 1. The number of nitrogens with two attached hydrogens (primary N) is 3. The first-order valence-electron chi connectivity index (χ1n) is 23.1. The molecule has 0 bridgehead atoms. The monoisotopic (exact) mass is 987 g/mol. The van der Waals surface area contributed by atoms with Crippen molar-refractivity contribution >= 4 is 76.7 Å². The van der Waals surface area contributed by atoms with Gasteiger partial charge in [-0.25, -0.2) is 0 Å². The van der Waals surface area contributed by atoms with Gasteiger partial charge in [-0.3, -0.25) is 52.7 Å². The van der Waals surface area contributed by atoms with Crippen LogP contribution in [0.5, 0.6) is 5.75 Å². The molecular weight excluding hydrogens is 919 g/mol. The van der Waals surface area contributed by atoms with Crippen molar-refractivity contribution in [1.29, 1.82) is 0 Å². The van der Waals surface area contributed by atoms with E-state index in [1.54, 1.807) is 38.1 Å². The summed E-state index contributed by atoms with van der Waals surface area (Å²) < 4.78 is 5.25. The quantitative estimate of drug-likeness (QED) is 0.0728. The van der Waals surface area contributed by atoms with Crippen LogP contribution in [-0.4, -0.2) is 144 Å². The van der Waals surface area contributed by atoms with Crippen molar-refractivity contribution in [2.75, 3.05) is 31.7 Å². The maximum absolute atomic E-state index is 14.5. The molecule has 0 saturated carbocycles. The Labute approximate surface area is 405 Å². The standard InChI is InChI=1S/C45H69N11O12S/c1-6-25(4)38-44(66)51-28(15-16-34(46)57)40(62)52-31(21-35(47)58)41(63)54-32(23-69-18-8-10-37(60)50-30(42(64)55-38)20-26-11-13-27(68-5)14-12-26)45(67)56-17-7-9-33(56)43(65)53-29(19-24(2)3)39(61)49-22-36(48)59/h11-14,24-25,28-33,38H,6-10,15-23H2,1-5H3,(H2,46,57)(H2,47,58)(H2,48,59)(H,49,61)(H,50,60)(H,51,66)(H,52,62)(H,53,65)(H,54,63)(H,55,64)/t25-,28-,29+,30-,31-,32+,33+,38-/m0/s1. The lowest BCUT2D eigenvalue weighted by Gasteiger charge is -2.31. The van der Waals surface area contributed by atoms with Crippen molar-refractivity contribution in [3.05, 3.63) is 29.8 Å². The normalized spacial score (nSPS) is 23.2. The van der Waals surface area contributed by atoms with E-state index in [4.69, 9.17) is 21.9 Å². The fraction of sp³-hybridized carbons (Fsp3) is 0.622. The summed E-state index contributed by atoms with van der Waals surface area (Å²) in [7, 11) is 1.50. The number of carbonyl (C=O) groups is 11. The van der Waals surface area contributed by atoms with Crippen molar-refractivity contribution in [3.8, 4) is 5.75 Å². The summed E-state index contributed by atoms with van der Waals surface area (Å²) in [6.07, 6.45) is -0.176. The van der Waals surface area contributed by atoms with Crippen LogP contribution in [0.1, 0.15) is 91.0 Å². The lowest BCUT2D eigenvalue weighted by Crippen LogP contribution is -2.61. The first-order valence-corrected chi connectivity index (χ1v) is 24.2. The molecule has 2 aliphatic heterocycles. The van der Waals surface area contributed by atoms with Crippen LogP contribution in [-0.2, 0) is 59.2 Å². The van der Waals surface area contributed by atoms with Gasteiger partial charge in [-0.1, -0.05) is 46.2 Å². The third kappa shape index (κ3) is 18.9.